The highest BCUT2D eigenvalue weighted by Gasteiger charge is 2.09. The topological polar surface area (TPSA) is 72.5 Å². The van der Waals surface area contributed by atoms with Crippen molar-refractivity contribution in [3.8, 4) is 11.5 Å². The number of halogens is 1. The van der Waals surface area contributed by atoms with Crippen LogP contribution < -0.4 is 10.5 Å². The van der Waals surface area contributed by atoms with Gasteiger partial charge in [0.25, 0.3) is 0 Å². The summed E-state index contributed by atoms with van der Waals surface area (Å²) in [4.78, 5) is 10.7. The molecule has 0 unspecified atom stereocenters. The Morgan fingerprint density at radius 2 is 2.29 bits per heavy atom. The summed E-state index contributed by atoms with van der Waals surface area (Å²) >= 11 is 0. The first-order valence-corrected chi connectivity index (χ1v) is 4.92. The van der Waals surface area contributed by atoms with Crippen LogP contribution in [-0.2, 0) is 4.79 Å². The van der Waals surface area contributed by atoms with Crippen molar-refractivity contribution in [2.45, 2.75) is 19.4 Å². The van der Waals surface area contributed by atoms with Crippen LogP contribution in [-0.4, -0.2) is 11.1 Å². The number of phenolic OH excluding ortho intramolecular Hbond substituents is 1. The molecule has 4 nitrogen and oxygen atoms in total. The second kappa shape index (κ2) is 6.93. The number of carbonyl (C=O) groups is 1. The van der Waals surface area contributed by atoms with Gasteiger partial charge in [-0.3, -0.25) is 4.79 Å². The van der Waals surface area contributed by atoms with Gasteiger partial charge in [0.2, 0.25) is 0 Å². The van der Waals surface area contributed by atoms with Crippen LogP contribution in [0, 0.1) is 0 Å². The van der Waals surface area contributed by atoms with Gasteiger partial charge in [0.05, 0.1) is 0 Å². The summed E-state index contributed by atoms with van der Waals surface area (Å²) in [5, 5.41) is 9.60. The van der Waals surface area contributed by atoms with Crippen molar-refractivity contribution < 1.29 is 14.6 Å². The van der Waals surface area contributed by atoms with E-state index in [4.69, 9.17) is 10.5 Å². The van der Waals surface area contributed by atoms with Crippen LogP contribution >= 0.6 is 12.4 Å². The Balaban J connectivity index is 0.00000256. The quantitative estimate of drug-likeness (QED) is 0.493. The summed E-state index contributed by atoms with van der Waals surface area (Å²) in [6.07, 6.45) is 2.33. The number of aromatic hydroxyl groups is 1. The van der Waals surface area contributed by atoms with Crippen molar-refractivity contribution in [1.82, 2.24) is 0 Å². The van der Waals surface area contributed by atoms with Crippen molar-refractivity contribution in [2.75, 3.05) is 0 Å². The Bertz CT molecular complexity index is 407. The molecule has 0 radical (unpaired) electrons. The highest BCUT2D eigenvalue weighted by atomic mass is 35.5. The molecule has 1 aromatic rings. The molecule has 3 N–H and O–H groups in total. The number of ether oxygens (including phenoxy) is 1. The molecule has 0 amide bonds. The van der Waals surface area contributed by atoms with Crippen molar-refractivity contribution in [3.05, 3.63) is 36.4 Å². The van der Waals surface area contributed by atoms with Crippen LogP contribution in [0.15, 0.2) is 30.9 Å². The van der Waals surface area contributed by atoms with Crippen molar-refractivity contribution in [1.29, 1.82) is 0 Å². The van der Waals surface area contributed by atoms with Gasteiger partial charge >= 0.3 is 5.97 Å². The second-order valence-electron chi connectivity index (χ2n) is 3.45. The number of esters is 1. The fraction of sp³-hybridized carbons (Fsp3) is 0.250. The van der Waals surface area contributed by atoms with Crippen LogP contribution in [0.25, 0.3) is 0 Å². The van der Waals surface area contributed by atoms with Crippen LogP contribution in [0.2, 0.25) is 0 Å². The summed E-state index contributed by atoms with van der Waals surface area (Å²) in [6.45, 7) is 4.87. The molecule has 0 heterocycles. The summed E-state index contributed by atoms with van der Waals surface area (Å²) in [6, 6.07) is 4.52. The Hall–Kier alpha value is -1.52. The van der Waals surface area contributed by atoms with Gasteiger partial charge in [0.1, 0.15) is 0 Å². The lowest BCUT2D eigenvalue weighted by Crippen LogP contribution is -2.09. The second-order valence-corrected chi connectivity index (χ2v) is 3.45. The molecule has 0 saturated carbocycles. The monoisotopic (exact) mass is 257 g/mol. The minimum atomic E-state index is -0.474. The lowest BCUT2D eigenvalue weighted by molar-refractivity contribution is -0.132. The van der Waals surface area contributed by atoms with E-state index in [1.807, 2.05) is 0 Å². The Kier molecular flexibility index (Phi) is 6.31. The first-order valence-electron chi connectivity index (χ1n) is 4.92. The molecule has 0 fully saturated rings. The van der Waals surface area contributed by atoms with Gasteiger partial charge in [0, 0.05) is 13.0 Å². The zero-order valence-corrected chi connectivity index (χ0v) is 10.4. The highest BCUT2D eigenvalue weighted by molar-refractivity contribution is 5.85. The smallest absolute Gasteiger partial charge is 0.308 e. The molecule has 1 atom stereocenters. The van der Waals surface area contributed by atoms with Gasteiger partial charge < -0.3 is 15.6 Å². The molecular weight excluding hydrogens is 242 g/mol. The van der Waals surface area contributed by atoms with E-state index >= 15 is 0 Å². The van der Waals surface area contributed by atoms with Gasteiger partial charge in [-0.1, -0.05) is 12.1 Å². The number of phenols is 1. The largest absolute Gasteiger partial charge is 0.504 e. The molecule has 0 aliphatic heterocycles. The van der Waals surface area contributed by atoms with E-state index in [1.165, 1.54) is 19.1 Å². The molecule has 0 aromatic heterocycles. The normalized spacial score (nSPS) is 11.2. The number of carbonyl (C=O) groups excluding carboxylic acids is 1. The third kappa shape index (κ3) is 4.46. The number of hydrogen-bond acceptors (Lipinski definition) is 4. The van der Waals surface area contributed by atoms with Gasteiger partial charge in [-0.25, -0.2) is 0 Å². The maximum Gasteiger partial charge on any atom is 0.308 e. The lowest BCUT2D eigenvalue weighted by Gasteiger charge is -2.11. The zero-order chi connectivity index (χ0) is 12.1. The summed E-state index contributed by atoms with van der Waals surface area (Å²) < 4.78 is 4.79. The van der Waals surface area contributed by atoms with E-state index in [0.717, 1.165) is 5.56 Å². The fourth-order valence-corrected chi connectivity index (χ4v) is 1.32. The Morgan fingerprint density at radius 1 is 1.65 bits per heavy atom. The number of nitrogens with two attached hydrogens (primary N) is 1. The first kappa shape index (κ1) is 15.5. The fourth-order valence-electron chi connectivity index (χ4n) is 1.32. The minimum absolute atomic E-state index is 0. The lowest BCUT2D eigenvalue weighted by atomic mass is 10.0. The standard InChI is InChI=1S/C12H15NO3.ClH/c1-3-4-10(13)9-5-6-12(11(15)7-9)16-8(2)14;/h3,5-7,10,15H,1,4,13H2,2H3;1H/t10-;/m1./s1. The van der Waals surface area contributed by atoms with Gasteiger partial charge in [-0.05, 0) is 24.1 Å². The minimum Gasteiger partial charge on any atom is -0.504 e. The van der Waals surface area contributed by atoms with E-state index < -0.39 is 5.97 Å². The van der Waals surface area contributed by atoms with Crippen molar-refractivity contribution in [2.24, 2.45) is 5.73 Å². The zero-order valence-electron chi connectivity index (χ0n) is 9.55. The predicted octanol–water partition coefficient (Wildman–Crippen LogP) is 2.32. The van der Waals surface area contributed by atoms with E-state index in [0.29, 0.717) is 6.42 Å². The van der Waals surface area contributed by atoms with Gasteiger partial charge in [-0.2, -0.15) is 0 Å². The molecule has 17 heavy (non-hydrogen) atoms. The molecule has 1 aromatic carbocycles. The third-order valence-corrected chi connectivity index (χ3v) is 2.09. The molecule has 0 saturated heterocycles. The Labute approximate surface area is 106 Å². The average Bonchev–Trinajstić information content (AvgIpc) is 2.20. The molecule has 0 bridgehead atoms. The third-order valence-electron chi connectivity index (χ3n) is 2.09. The van der Waals surface area contributed by atoms with Crippen molar-refractivity contribution >= 4 is 18.4 Å². The average molecular weight is 258 g/mol. The molecule has 0 aliphatic carbocycles. The summed E-state index contributed by atoms with van der Waals surface area (Å²) in [5.41, 5.74) is 6.61. The molecule has 94 valence electrons. The number of rotatable bonds is 4. The van der Waals surface area contributed by atoms with Gasteiger partial charge in [-0.15, -0.1) is 19.0 Å². The number of benzene rings is 1. The van der Waals surface area contributed by atoms with Crippen LogP contribution in [0.1, 0.15) is 24.9 Å². The molecule has 0 spiro atoms. The summed E-state index contributed by atoms with van der Waals surface area (Å²) in [5.74, 6) is -0.423. The SMILES string of the molecule is C=CC[C@@H](N)c1ccc(OC(C)=O)c(O)c1.Cl. The van der Waals surface area contributed by atoms with E-state index in [9.17, 15) is 9.90 Å². The molecule has 5 heteroatoms. The summed E-state index contributed by atoms with van der Waals surface area (Å²) in [7, 11) is 0. The van der Waals surface area contributed by atoms with Crippen molar-refractivity contribution in [3.63, 3.8) is 0 Å². The molecule has 0 aliphatic rings. The van der Waals surface area contributed by atoms with Crippen LogP contribution in [0.3, 0.4) is 0 Å². The van der Waals surface area contributed by atoms with E-state index in [-0.39, 0.29) is 29.9 Å². The highest BCUT2D eigenvalue weighted by Crippen LogP contribution is 2.29. The van der Waals surface area contributed by atoms with E-state index in [1.54, 1.807) is 12.1 Å². The maximum atomic E-state index is 10.7. The Morgan fingerprint density at radius 3 is 2.76 bits per heavy atom. The molecule has 1 rings (SSSR count). The first-order chi connectivity index (χ1) is 7.54. The molecular formula is C12H16ClNO3. The van der Waals surface area contributed by atoms with Gasteiger partial charge in [0.15, 0.2) is 11.5 Å². The predicted molar refractivity (Wildman–Crippen MR) is 68.4 cm³/mol. The van der Waals surface area contributed by atoms with E-state index in [2.05, 4.69) is 6.58 Å². The van der Waals surface area contributed by atoms with Crippen LogP contribution in [0.4, 0.5) is 0 Å². The van der Waals surface area contributed by atoms with Crippen LogP contribution in [0.5, 0.6) is 11.5 Å². The maximum absolute atomic E-state index is 10.7. The number of hydrogen-bond donors (Lipinski definition) is 2.